The van der Waals surface area contributed by atoms with Crippen LogP contribution in [0.25, 0.3) is 0 Å². The van der Waals surface area contributed by atoms with Gasteiger partial charge in [-0.2, -0.15) is 0 Å². The first-order chi connectivity index (χ1) is 5.11. The number of halogens is 2. The van der Waals surface area contributed by atoms with Crippen molar-refractivity contribution in [2.24, 2.45) is 0 Å². The summed E-state index contributed by atoms with van der Waals surface area (Å²) in [6.07, 6.45) is 0. The first-order valence-corrected chi connectivity index (χ1v) is 4.15. The van der Waals surface area contributed by atoms with Crippen LogP contribution in [-0.4, -0.2) is 38.3 Å². The van der Waals surface area contributed by atoms with Crippen LogP contribution in [0.2, 0.25) is 5.02 Å². The van der Waals surface area contributed by atoms with Crippen LogP contribution >= 0.6 is 11.6 Å². The van der Waals surface area contributed by atoms with Gasteiger partial charge in [-0.05, 0) is 18.2 Å². The van der Waals surface area contributed by atoms with Crippen LogP contribution in [0.4, 0.5) is 4.39 Å². The van der Waals surface area contributed by atoms with Crippen molar-refractivity contribution in [3.05, 3.63) is 29.0 Å². The van der Waals surface area contributed by atoms with Gasteiger partial charge in [0.1, 0.15) is 10.7 Å². The van der Waals surface area contributed by atoms with Gasteiger partial charge in [-0.3, -0.25) is 0 Å². The van der Waals surface area contributed by atoms with Crippen LogP contribution in [0.15, 0.2) is 23.1 Å². The van der Waals surface area contributed by atoms with Crippen molar-refractivity contribution in [2.75, 3.05) is 0 Å². The van der Waals surface area contributed by atoms with Crippen molar-refractivity contribution in [1.29, 1.82) is 0 Å². The van der Waals surface area contributed by atoms with Gasteiger partial charge >= 0.3 is 0 Å². The fraction of sp³-hybridized carbons (Fsp3) is 0. The Morgan fingerprint density at radius 2 is 2.08 bits per heavy atom. The van der Waals surface area contributed by atoms with Gasteiger partial charge in [-0.1, -0.05) is 11.6 Å². The fourth-order valence-electron chi connectivity index (χ4n) is 0.611. The Kier molecular flexibility index (Phi) is 5.56. The number of benzene rings is 1. The summed E-state index contributed by atoms with van der Waals surface area (Å²) in [5.74, 6) is -0.727. The summed E-state index contributed by atoms with van der Waals surface area (Å²) in [6.45, 7) is 0. The van der Waals surface area contributed by atoms with E-state index < -0.39 is 16.9 Å². The topological polar surface area (TPSA) is 37.3 Å². The Bertz CT molecular complexity index is 308. The van der Waals surface area contributed by atoms with Crippen LogP contribution in [0.5, 0.6) is 0 Å². The number of hydrogen-bond acceptors (Lipinski definition) is 1. The Balaban J connectivity index is 0.00000121. The minimum atomic E-state index is -2.31. The van der Waals surface area contributed by atoms with Gasteiger partial charge in [0, 0.05) is 34.6 Å². The smallest absolute Gasteiger partial charge is 0.189 e. The molecule has 1 unspecified atom stereocenters. The summed E-state index contributed by atoms with van der Waals surface area (Å²) in [6, 6.07) is 3.48. The Labute approximate surface area is 98.7 Å². The summed E-state index contributed by atoms with van der Waals surface area (Å²) in [5, 5.41) is 0.240. The van der Waals surface area contributed by atoms with E-state index in [0.29, 0.717) is 0 Å². The molecule has 0 bridgehead atoms. The Morgan fingerprint density at radius 1 is 1.50 bits per heavy atom. The molecule has 1 aromatic rings. The van der Waals surface area contributed by atoms with Gasteiger partial charge in [0.15, 0.2) is 11.1 Å². The maximum atomic E-state index is 12.6. The quantitative estimate of drug-likeness (QED) is 0.574. The SMILES string of the molecule is O=S(O)c1cc(Cl)ccc1F.[Na]. The van der Waals surface area contributed by atoms with E-state index in [1.165, 1.54) is 6.07 Å². The minimum absolute atomic E-state index is 0. The molecule has 1 radical (unpaired) electrons. The standard InChI is InChI=1S/C6H4ClFO2S.Na/c7-4-1-2-5(8)6(3-4)11(9)10;/h1-3H,(H,9,10);. The van der Waals surface area contributed by atoms with Crippen molar-refractivity contribution in [1.82, 2.24) is 0 Å². The molecule has 0 spiro atoms. The maximum Gasteiger partial charge on any atom is 0.189 e. The molecule has 0 fully saturated rings. The summed E-state index contributed by atoms with van der Waals surface area (Å²) >= 11 is 3.14. The van der Waals surface area contributed by atoms with E-state index in [1.807, 2.05) is 0 Å². The molecule has 0 saturated carbocycles. The number of hydrogen-bond donors (Lipinski definition) is 1. The molecule has 1 N–H and O–H groups in total. The second-order valence-corrected chi connectivity index (χ2v) is 3.20. The Morgan fingerprint density at radius 3 is 2.50 bits per heavy atom. The second kappa shape index (κ2) is 5.32. The van der Waals surface area contributed by atoms with E-state index in [1.54, 1.807) is 0 Å². The predicted octanol–water partition coefficient (Wildman–Crippen LogP) is 1.68. The molecular weight excluding hydrogens is 214 g/mol. The predicted molar refractivity (Wildman–Crippen MR) is 46.2 cm³/mol. The van der Waals surface area contributed by atoms with E-state index >= 15 is 0 Å². The molecule has 0 aliphatic heterocycles. The molecule has 1 atom stereocenters. The third-order valence-corrected chi connectivity index (χ3v) is 2.01. The van der Waals surface area contributed by atoms with E-state index in [-0.39, 0.29) is 39.5 Å². The maximum absolute atomic E-state index is 12.6. The van der Waals surface area contributed by atoms with Crippen molar-refractivity contribution in [2.45, 2.75) is 4.90 Å². The molecule has 61 valence electrons. The average Bonchev–Trinajstić information content (AvgIpc) is 1.94. The van der Waals surface area contributed by atoms with E-state index in [0.717, 1.165) is 12.1 Å². The van der Waals surface area contributed by atoms with Crippen LogP contribution in [0.1, 0.15) is 0 Å². The molecule has 2 nitrogen and oxygen atoms in total. The molecule has 0 aliphatic rings. The first-order valence-electron chi connectivity index (χ1n) is 2.67. The van der Waals surface area contributed by atoms with Gasteiger partial charge in [-0.25, -0.2) is 8.60 Å². The Hall–Kier alpha value is 0.550. The van der Waals surface area contributed by atoms with Crippen molar-refractivity contribution < 1.29 is 13.2 Å². The summed E-state index contributed by atoms with van der Waals surface area (Å²) in [5.41, 5.74) is 0. The molecule has 0 saturated heterocycles. The van der Waals surface area contributed by atoms with E-state index in [4.69, 9.17) is 16.2 Å². The summed E-state index contributed by atoms with van der Waals surface area (Å²) < 4.78 is 31.5. The summed E-state index contributed by atoms with van der Waals surface area (Å²) in [4.78, 5) is -0.294. The zero-order valence-electron chi connectivity index (χ0n) is 6.25. The molecular formula is C6H4ClFNaO2S. The molecule has 0 aliphatic carbocycles. The first kappa shape index (κ1) is 12.6. The van der Waals surface area contributed by atoms with Gasteiger partial charge < -0.3 is 4.55 Å². The van der Waals surface area contributed by atoms with Gasteiger partial charge in [0.05, 0.1) is 0 Å². The normalized spacial score (nSPS) is 11.9. The minimum Gasteiger partial charge on any atom is -0.302 e. The van der Waals surface area contributed by atoms with Crippen molar-refractivity contribution in [3.8, 4) is 0 Å². The van der Waals surface area contributed by atoms with Gasteiger partial charge in [-0.15, -0.1) is 0 Å². The average molecular weight is 218 g/mol. The number of rotatable bonds is 1. The molecule has 0 amide bonds. The van der Waals surface area contributed by atoms with Gasteiger partial charge in [0.2, 0.25) is 0 Å². The van der Waals surface area contributed by atoms with E-state index in [9.17, 15) is 8.60 Å². The van der Waals surface area contributed by atoms with Gasteiger partial charge in [0.25, 0.3) is 0 Å². The summed E-state index contributed by atoms with van der Waals surface area (Å²) in [7, 11) is 0. The van der Waals surface area contributed by atoms with Crippen LogP contribution in [0.3, 0.4) is 0 Å². The van der Waals surface area contributed by atoms with Crippen LogP contribution in [-0.2, 0) is 11.1 Å². The molecule has 6 heteroatoms. The third-order valence-electron chi connectivity index (χ3n) is 1.08. The molecule has 0 heterocycles. The monoisotopic (exact) mass is 217 g/mol. The molecule has 0 aromatic heterocycles. The third kappa shape index (κ3) is 3.12. The molecule has 1 rings (SSSR count). The largest absolute Gasteiger partial charge is 0.302 e. The molecule has 1 aromatic carbocycles. The molecule has 12 heavy (non-hydrogen) atoms. The van der Waals surface area contributed by atoms with Crippen molar-refractivity contribution in [3.63, 3.8) is 0 Å². The van der Waals surface area contributed by atoms with Crippen LogP contribution < -0.4 is 0 Å². The van der Waals surface area contributed by atoms with Crippen molar-refractivity contribution >= 4 is 52.2 Å². The van der Waals surface area contributed by atoms with Crippen LogP contribution in [0, 0.1) is 5.82 Å². The zero-order chi connectivity index (χ0) is 8.43. The van der Waals surface area contributed by atoms with E-state index in [2.05, 4.69) is 0 Å². The second-order valence-electron chi connectivity index (χ2n) is 1.82. The zero-order valence-corrected chi connectivity index (χ0v) is 9.82. The fourth-order valence-corrected chi connectivity index (χ4v) is 1.31.